The van der Waals surface area contributed by atoms with E-state index in [0.29, 0.717) is 24.4 Å². The molecule has 0 saturated heterocycles. The molecule has 0 fully saturated rings. The standard InChI is InChI=1S/C29H30N2O4S/c1-21-8-9-22(2)28(18-21)31(36(3,33)34)20-23-10-12-25(13-11-23)29(32)30-16-17-35-27-15-14-24-6-4-5-7-26(24)19-27/h4-15,18-19H,16-17,20H2,1-3H3,(H,30,32). The van der Waals surface area contributed by atoms with Gasteiger partial charge in [0.25, 0.3) is 5.91 Å². The van der Waals surface area contributed by atoms with Crippen molar-refractivity contribution in [3.63, 3.8) is 0 Å². The van der Waals surface area contributed by atoms with Crippen LogP contribution < -0.4 is 14.4 Å². The molecule has 4 rings (SSSR count). The van der Waals surface area contributed by atoms with Crippen LogP contribution in [0, 0.1) is 13.8 Å². The van der Waals surface area contributed by atoms with Gasteiger partial charge in [0.05, 0.1) is 25.0 Å². The maximum atomic E-state index is 12.6. The summed E-state index contributed by atoms with van der Waals surface area (Å²) in [6, 6.07) is 26.7. The Hall–Kier alpha value is -3.84. The molecule has 0 saturated carbocycles. The van der Waals surface area contributed by atoms with Gasteiger partial charge in [-0.25, -0.2) is 8.42 Å². The first kappa shape index (κ1) is 25.3. The van der Waals surface area contributed by atoms with Crippen LogP contribution in [0.5, 0.6) is 5.75 Å². The minimum atomic E-state index is -3.49. The number of hydrogen-bond donors (Lipinski definition) is 1. The number of ether oxygens (including phenoxy) is 1. The smallest absolute Gasteiger partial charge is 0.251 e. The van der Waals surface area contributed by atoms with Gasteiger partial charge in [0.1, 0.15) is 12.4 Å². The van der Waals surface area contributed by atoms with E-state index in [-0.39, 0.29) is 12.5 Å². The molecule has 0 unspecified atom stereocenters. The third-order valence-electron chi connectivity index (χ3n) is 5.95. The van der Waals surface area contributed by atoms with E-state index in [1.54, 1.807) is 24.3 Å². The van der Waals surface area contributed by atoms with Crippen molar-refractivity contribution in [1.29, 1.82) is 0 Å². The van der Waals surface area contributed by atoms with E-state index in [9.17, 15) is 13.2 Å². The average Bonchev–Trinajstić information content (AvgIpc) is 2.86. The highest BCUT2D eigenvalue weighted by atomic mass is 32.2. The first-order chi connectivity index (χ1) is 17.2. The van der Waals surface area contributed by atoms with Crippen molar-refractivity contribution in [1.82, 2.24) is 5.32 Å². The zero-order chi connectivity index (χ0) is 25.7. The van der Waals surface area contributed by atoms with Gasteiger partial charge in [-0.15, -0.1) is 0 Å². The third kappa shape index (κ3) is 6.23. The Labute approximate surface area is 212 Å². The predicted molar refractivity (Wildman–Crippen MR) is 145 cm³/mol. The number of carbonyl (C=O) groups excluding carboxylic acids is 1. The first-order valence-corrected chi connectivity index (χ1v) is 13.6. The Morgan fingerprint density at radius 3 is 2.33 bits per heavy atom. The molecule has 1 N–H and O–H groups in total. The van der Waals surface area contributed by atoms with Gasteiger partial charge >= 0.3 is 0 Å². The van der Waals surface area contributed by atoms with Gasteiger partial charge in [0.15, 0.2) is 0 Å². The van der Waals surface area contributed by atoms with Crippen molar-refractivity contribution in [3.8, 4) is 5.75 Å². The second-order valence-corrected chi connectivity index (χ2v) is 10.8. The summed E-state index contributed by atoms with van der Waals surface area (Å²) in [7, 11) is -3.49. The molecule has 6 nitrogen and oxygen atoms in total. The van der Waals surface area contributed by atoms with Crippen molar-refractivity contribution < 1.29 is 17.9 Å². The van der Waals surface area contributed by atoms with Crippen LogP contribution in [0.4, 0.5) is 5.69 Å². The van der Waals surface area contributed by atoms with Crippen LogP contribution in [-0.2, 0) is 16.6 Å². The summed E-state index contributed by atoms with van der Waals surface area (Å²) in [4.78, 5) is 12.6. The molecule has 0 aliphatic carbocycles. The number of nitrogens with zero attached hydrogens (tertiary/aromatic N) is 1. The largest absolute Gasteiger partial charge is 0.492 e. The lowest BCUT2D eigenvalue weighted by Gasteiger charge is -2.25. The normalized spacial score (nSPS) is 11.3. The van der Waals surface area contributed by atoms with Crippen LogP contribution >= 0.6 is 0 Å². The summed E-state index contributed by atoms with van der Waals surface area (Å²) in [6.07, 6.45) is 1.20. The number of carbonyl (C=O) groups is 1. The van der Waals surface area contributed by atoms with E-state index in [0.717, 1.165) is 33.2 Å². The van der Waals surface area contributed by atoms with Crippen LogP contribution in [0.25, 0.3) is 10.8 Å². The molecule has 0 aliphatic rings. The Kier molecular flexibility index (Phi) is 7.60. The quantitative estimate of drug-likeness (QED) is 0.318. The number of nitrogens with one attached hydrogen (secondary N) is 1. The van der Waals surface area contributed by atoms with Crippen molar-refractivity contribution in [2.75, 3.05) is 23.7 Å². The molecule has 0 aliphatic heterocycles. The SMILES string of the molecule is Cc1ccc(C)c(N(Cc2ccc(C(=O)NCCOc3ccc4ccccc4c3)cc2)S(C)(=O)=O)c1. The lowest BCUT2D eigenvalue weighted by molar-refractivity contribution is 0.0947. The summed E-state index contributed by atoms with van der Waals surface area (Å²) < 4.78 is 32.3. The van der Waals surface area contributed by atoms with E-state index in [4.69, 9.17) is 4.74 Å². The van der Waals surface area contributed by atoms with Crippen LogP contribution in [0.15, 0.2) is 84.9 Å². The van der Waals surface area contributed by atoms with Crippen LogP contribution in [0.1, 0.15) is 27.0 Å². The highest BCUT2D eigenvalue weighted by molar-refractivity contribution is 7.92. The van der Waals surface area contributed by atoms with E-state index in [2.05, 4.69) is 5.32 Å². The van der Waals surface area contributed by atoms with Crippen molar-refractivity contribution in [2.24, 2.45) is 0 Å². The van der Waals surface area contributed by atoms with Gasteiger partial charge in [-0.05, 0) is 71.6 Å². The van der Waals surface area contributed by atoms with Gasteiger partial charge in [0.2, 0.25) is 10.0 Å². The Morgan fingerprint density at radius 2 is 1.61 bits per heavy atom. The summed E-state index contributed by atoms with van der Waals surface area (Å²) in [5.74, 6) is 0.546. The van der Waals surface area contributed by atoms with Gasteiger partial charge in [0, 0.05) is 5.56 Å². The second kappa shape index (κ2) is 10.8. The number of fused-ring (bicyclic) bond motifs is 1. The molecule has 0 atom stereocenters. The number of hydrogen-bond acceptors (Lipinski definition) is 4. The fourth-order valence-electron chi connectivity index (χ4n) is 3.99. The van der Waals surface area contributed by atoms with Gasteiger partial charge in [-0.1, -0.05) is 54.6 Å². The van der Waals surface area contributed by atoms with Gasteiger partial charge < -0.3 is 10.1 Å². The first-order valence-electron chi connectivity index (χ1n) is 11.7. The zero-order valence-corrected chi connectivity index (χ0v) is 21.5. The van der Waals surface area contributed by atoms with E-state index in [1.807, 2.05) is 74.5 Å². The van der Waals surface area contributed by atoms with E-state index >= 15 is 0 Å². The van der Waals surface area contributed by atoms with E-state index < -0.39 is 10.0 Å². The number of aryl methyl sites for hydroxylation is 2. The molecule has 36 heavy (non-hydrogen) atoms. The van der Waals surface area contributed by atoms with Crippen LogP contribution in [0.3, 0.4) is 0 Å². The molecule has 4 aromatic carbocycles. The fourth-order valence-corrected chi connectivity index (χ4v) is 4.93. The molecular formula is C29H30N2O4S. The maximum absolute atomic E-state index is 12.6. The lowest BCUT2D eigenvalue weighted by atomic mass is 10.1. The van der Waals surface area contributed by atoms with Gasteiger partial charge in [-0.2, -0.15) is 0 Å². The summed E-state index contributed by atoms with van der Waals surface area (Å²) in [5.41, 5.74) is 3.82. The molecule has 0 radical (unpaired) electrons. The zero-order valence-electron chi connectivity index (χ0n) is 20.7. The molecule has 186 valence electrons. The summed E-state index contributed by atoms with van der Waals surface area (Å²) in [6.45, 7) is 4.72. The number of sulfonamides is 1. The minimum Gasteiger partial charge on any atom is -0.492 e. The predicted octanol–water partition coefficient (Wildman–Crippen LogP) is 5.23. The van der Waals surface area contributed by atoms with E-state index in [1.165, 1.54) is 10.6 Å². The topological polar surface area (TPSA) is 75.7 Å². The number of benzene rings is 4. The third-order valence-corrected chi connectivity index (χ3v) is 7.08. The maximum Gasteiger partial charge on any atom is 0.251 e. The monoisotopic (exact) mass is 502 g/mol. The number of rotatable bonds is 9. The van der Waals surface area contributed by atoms with Crippen molar-refractivity contribution in [2.45, 2.75) is 20.4 Å². The molecular weight excluding hydrogens is 472 g/mol. The number of amides is 1. The second-order valence-electron chi connectivity index (χ2n) is 8.87. The molecule has 4 aromatic rings. The minimum absolute atomic E-state index is 0.185. The molecule has 1 amide bonds. The average molecular weight is 503 g/mol. The van der Waals surface area contributed by atoms with Crippen molar-refractivity contribution >= 4 is 32.4 Å². The molecule has 0 heterocycles. The molecule has 0 bridgehead atoms. The van der Waals surface area contributed by atoms with Crippen LogP contribution in [0.2, 0.25) is 0 Å². The van der Waals surface area contributed by atoms with Gasteiger partial charge in [-0.3, -0.25) is 9.10 Å². The molecule has 0 aromatic heterocycles. The summed E-state index contributed by atoms with van der Waals surface area (Å²) in [5, 5.41) is 5.11. The molecule has 0 spiro atoms. The summed E-state index contributed by atoms with van der Waals surface area (Å²) >= 11 is 0. The number of anilines is 1. The van der Waals surface area contributed by atoms with Crippen molar-refractivity contribution in [3.05, 3.63) is 107 Å². The Bertz CT molecular complexity index is 1480. The highest BCUT2D eigenvalue weighted by Crippen LogP contribution is 2.26. The Balaban J connectivity index is 1.34. The van der Waals surface area contributed by atoms with Crippen LogP contribution in [-0.4, -0.2) is 33.7 Å². The fraction of sp³-hybridized carbons (Fsp3) is 0.207. The molecule has 7 heteroatoms. The highest BCUT2D eigenvalue weighted by Gasteiger charge is 2.20. The Morgan fingerprint density at radius 1 is 0.889 bits per heavy atom. The lowest BCUT2D eigenvalue weighted by Crippen LogP contribution is -2.30.